The third-order valence-corrected chi connectivity index (χ3v) is 11.9. The molecule has 23 heteroatoms. The summed E-state index contributed by atoms with van der Waals surface area (Å²) in [6.07, 6.45) is 32.9. The second-order valence-corrected chi connectivity index (χ2v) is 23.2. The van der Waals surface area contributed by atoms with Crippen molar-refractivity contribution in [2.24, 2.45) is 28.2 Å². The summed E-state index contributed by atoms with van der Waals surface area (Å²) in [6.45, 7) is 43.1. The smallest absolute Gasteiger partial charge is 0.125 e. The largest absolute Gasteiger partial charge is 0.276 e. The molecule has 13 aromatic rings. The maximum absolute atomic E-state index is 4.17. The number of nitrogens with zero attached hydrogens (tertiary/aromatic N) is 23. The number of hydrogen-bond acceptors (Lipinski definition) is 19. The molecule has 23 nitrogen and oxygen atoms in total. The Bertz CT molecular complexity index is 3380. The number of pyridine rings is 3. The van der Waals surface area contributed by atoms with Crippen LogP contribution in [0.25, 0.3) is 0 Å². The molecule has 0 fully saturated rings. The second kappa shape index (κ2) is 50.2. The highest BCUT2D eigenvalue weighted by atomic mass is 15.3. The zero-order chi connectivity index (χ0) is 75.0. The number of hydrogen-bond donors (Lipinski definition) is 0. The topological polar surface area (TPSA) is 265 Å². The minimum absolute atomic E-state index is 0.829. The van der Waals surface area contributed by atoms with Crippen molar-refractivity contribution in [1.82, 2.24) is 114 Å². The van der Waals surface area contributed by atoms with Gasteiger partial charge in [0.15, 0.2) is 0 Å². The van der Waals surface area contributed by atoms with Gasteiger partial charge in [0.1, 0.15) is 17.5 Å². The fraction of sp³-hybridized carbons (Fsp3) is 0.338. The SMILES string of the molecule is Cc1ccc(C)nc1.Cc1ccc(C)nc1.Cc1cccc(C)n1.Cc1ccn(C)n1.Cc1ccn(C)n1.Cc1ccnc(C)n1.Cc1ccnc(C)n1.Cc1cnc(C)cn1.Cc1cnc(C)cn1.Cc1cnc(C)nc1.Cc1cncc(C)n1.Cc1cnn(C)c1.Cc1cnn(C)c1. The van der Waals surface area contributed by atoms with Gasteiger partial charge in [-0.05, 0) is 229 Å². The molecule has 0 aliphatic rings. The summed E-state index contributed by atoms with van der Waals surface area (Å²) in [5, 5.41) is 15.9. The number of aromatic nitrogens is 23. The third kappa shape index (κ3) is 48.5. The zero-order valence-corrected chi connectivity index (χ0v) is 64.0. The van der Waals surface area contributed by atoms with Crippen LogP contribution in [0, 0.1) is 152 Å². The predicted octanol–water partition coefficient (Wildman–Crippen LogP) is 14.6. The average molecular weight is 1350 g/mol. The van der Waals surface area contributed by atoms with Crippen molar-refractivity contribution in [3.8, 4) is 0 Å². The van der Waals surface area contributed by atoms with E-state index in [1.807, 2.05) is 297 Å². The fourth-order valence-corrected chi connectivity index (χ4v) is 7.02. The van der Waals surface area contributed by atoms with Gasteiger partial charge < -0.3 is 0 Å². The molecule has 0 atom stereocenters. The van der Waals surface area contributed by atoms with Crippen LogP contribution in [0.3, 0.4) is 0 Å². The molecule has 13 rings (SSSR count). The van der Waals surface area contributed by atoms with Crippen molar-refractivity contribution in [2.75, 3.05) is 0 Å². The summed E-state index contributed by atoms with van der Waals surface area (Å²) in [5.41, 5.74) is 20.3. The lowest BCUT2D eigenvalue weighted by Gasteiger charge is -1.90. The molecule has 0 saturated heterocycles. The van der Waals surface area contributed by atoms with Crippen LogP contribution >= 0.6 is 0 Å². The molecule has 0 unspecified atom stereocenters. The molecule has 0 saturated carbocycles. The van der Waals surface area contributed by atoms with Gasteiger partial charge in [-0.1, -0.05) is 18.2 Å². The Morgan fingerprint density at radius 1 is 0.220 bits per heavy atom. The maximum Gasteiger partial charge on any atom is 0.125 e. The molecular formula is C77H107N23. The number of rotatable bonds is 0. The molecule has 530 valence electrons. The Kier molecular flexibility index (Phi) is 43.5. The standard InChI is InChI=1S/3C7H9N.6C6H8N2.4C5H8N2/c2*1-6-3-4-7(2)8-5-6;1-6-4-3-5-7(2)8-6;2*1-5-3-8-6(2)4-7-5;1-5-3-7-4-6(2)8-5;1-5-3-7-6(2)8-4-5;2*1-5-3-4-7-6(2)8-5;2*1-5-3-6-7(2)4-5;2*1-5-3-4-7(2)6-5/h3*3-5H,1-2H3;6*3-4H,1-2H3;4*3-4H,1-2H3. The predicted molar refractivity (Wildman–Crippen MR) is 402 cm³/mol. The van der Waals surface area contributed by atoms with Gasteiger partial charge in [0.25, 0.3) is 0 Å². The van der Waals surface area contributed by atoms with Crippen LogP contribution in [0.2, 0.25) is 0 Å². The van der Waals surface area contributed by atoms with Gasteiger partial charge in [-0.15, -0.1) is 0 Å². The summed E-state index contributed by atoms with van der Waals surface area (Å²) in [6, 6.07) is 21.8. The van der Waals surface area contributed by atoms with Gasteiger partial charge >= 0.3 is 0 Å². The van der Waals surface area contributed by atoms with Crippen molar-refractivity contribution in [3.63, 3.8) is 0 Å². The van der Waals surface area contributed by atoms with Crippen LogP contribution in [0.15, 0.2) is 178 Å². The lowest BCUT2D eigenvalue weighted by Crippen LogP contribution is -1.86. The Morgan fingerprint density at radius 3 is 0.720 bits per heavy atom. The molecule has 13 aromatic heterocycles. The van der Waals surface area contributed by atoms with Gasteiger partial charge in [0, 0.05) is 162 Å². The summed E-state index contributed by atoms with van der Waals surface area (Å²) in [5.74, 6) is 2.51. The average Bonchev–Trinajstić information content (AvgIpc) is 2.35. The van der Waals surface area contributed by atoms with Crippen LogP contribution in [0.4, 0.5) is 0 Å². The Morgan fingerprint density at radius 2 is 0.550 bits per heavy atom. The second-order valence-electron chi connectivity index (χ2n) is 23.2. The van der Waals surface area contributed by atoms with E-state index in [2.05, 4.69) is 107 Å². The molecule has 0 bridgehead atoms. The van der Waals surface area contributed by atoms with Gasteiger partial charge in [0.05, 0.1) is 57.9 Å². The van der Waals surface area contributed by atoms with Crippen molar-refractivity contribution < 1.29 is 0 Å². The first-order valence-corrected chi connectivity index (χ1v) is 32.3. The van der Waals surface area contributed by atoms with Crippen LogP contribution in [-0.4, -0.2) is 114 Å². The highest BCUT2D eigenvalue weighted by Crippen LogP contribution is 1.99. The molecule has 0 radical (unpaired) electrons. The van der Waals surface area contributed by atoms with Gasteiger partial charge in [-0.25, -0.2) is 29.9 Å². The molecule has 13 heterocycles. The summed E-state index contributed by atoms with van der Waals surface area (Å²) in [4.78, 5) is 60.3. The lowest BCUT2D eigenvalue weighted by molar-refractivity contribution is 0.756. The first-order valence-electron chi connectivity index (χ1n) is 32.3. The van der Waals surface area contributed by atoms with E-state index in [0.717, 1.165) is 103 Å². The molecule has 100 heavy (non-hydrogen) atoms. The van der Waals surface area contributed by atoms with Crippen LogP contribution in [0.5, 0.6) is 0 Å². The Hall–Kier alpha value is -11.2. The van der Waals surface area contributed by atoms with Crippen LogP contribution in [-0.2, 0) is 28.2 Å². The van der Waals surface area contributed by atoms with E-state index in [-0.39, 0.29) is 0 Å². The first-order chi connectivity index (χ1) is 47.2. The quantitative estimate of drug-likeness (QED) is 0.136. The monoisotopic (exact) mass is 1350 g/mol. The van der Waals surface area contributed by atoms with E-state index in [9.17, 15) is 0 Å². The van der Waals surface area contributed by atoms with E-state index in [0.29, 0.717) is 0 Å². The summed E-state index contributed by atoms with van der Waals surface area (Å²) in [7, 11) is 7.64. The van der Waals surface area contributed by atoms with E-state index in [1.165, 1.54) is 22.3 Å². The minimum Gasteiger partial charge on any atom is -0.276 e. The first kappa shape index (κ1) is 86.8. The van der Waals surface area contributed by atoms with E-state index < -0.39 is 0 Å². The van der Waals surface area contributed by atoms with E-state index in [4.69, 9.17) is 0 Å². The molecular weight excluding hydrogens is 1250 g/mol. The van der Waals surface area contributed by atoms with Crippen molar-refractivity contribution in [3.05, 3.63) is 303 Å². The van der Waals surface area contributed by atoms with Crippen molar-refractivity contribution >= 4 is 0 Å². The zero-order valence-electron chi connectivity index (χ0n) is 64.0. The van der Waals surface area contributed by atoms with Crippen LogP contribution in [0.1, 0.15) is 125 Å². The van der Waals surface area contributed by atoms with Gasteiger partial charge in [-0.3, -0.25) is 63.6 Å². The molecule has 0 amide bonds. The van der Waals surface area contributed by atoms with Crippen molar-refractivity contribution in [1.29, 1.82) is 0 Å². The summed E-state index contributed by atoms with van der Waals surface area (Å²) < 4.78 is 7.15. The van der Waals surface area contributed by atoms with Gasteiger partial charge in [0.2, 0.25) is 0 Å². The molecule has 0 aliphatic carbocycles. The van der Waals surface area contributed by atoms with E-state index >= 15 is 0 Å². The Labute approximate surface area is 594 Å². The molecule has 0 N–H and O–H groups in total. The maximum atomic E-state index is 4.17. The minimum atomic E-state index is 0.829. The third-order valence-electron chi connectivity index (χ3n) is 11.9. The van der Waals surface area contributed by atoms with Crippen LogP contribution < -0.4 is 0 Å². The molecule has 0 spiro atoms. The number of aryl methyl sites for hydroxylation is 26. The highest BCUT2D eigenvalue weighted by molar-refractivity contribution is 5.12. The Balaban J connectivity index is 0.000000542. The van der Waals surface area contributed by atoms with Crippen molar-refractivity contribution in [2.45, 2.75) is 152 Å². The lowest BCUT2D eigenvalue weighted by atomic mass is 10.3. The normalized spacial score (nSPS) is 9.30. The highest BCUT2D eigenvalue weighted by Gasteiger charge is 1.91. The fourth-order valence-electron chi connectivity index (χ4n) is 7.02. The molecule has 0 aromatic carbocycles. The summed E-state index contributed by atoms with van der Waals surface area (Å²) >= 11 is 0. The molecule has 0 aliphatic heterocycles. The van der Waals surface area contributed by atoms with Gasteiger partial charge in [-0.2, -0.15) is 20.4 Å². The van der Waals surface area contributed by atoms with E-state index in [1.54, 1.807) is 68.3 Å².